The molecule has 130 valence electrons. The second-order valence-corrected chi connectivity index (χ2v) is 6.26. The summed E-state index contributed by atoms with van der Waals surface area (Å²) in [6, 6.07) is 15.0. The smallest absolute Gasteiger partial charge is 0.243 e. The monoisotopic (exact) mass is 338 g/mol. The molecule has 0 aromatic heterocycles. The summed E-state index contributed by atoms with van der Waals surface area (Å²) in [6.45, 7) is 2.80. The van der Waals surface area contributed by atoms with Gasteiger partial charge in [0.05, 0.1) is 6.54 Å². The van der Waals surface area contributed by atoms with Crippen LogP contribution >= 0.6 is 0 Å². The lowest BCUT2D eigenvalue weighted by Crippen LogP contribution is -2.40. The van der Waals surface area contributed by atoms with Crippen molar-refractivity contribution in [3.05, 3.63) is 54.1 Å². The van der Waals surface area contributed by atoms with E-state index in [1.807, 2.05) is 43.3 Å². The van der Waals surface area contributed by atoms with E-state index in [0.717, 1.165) is 18.6 Å². The Labute approximate surface area is 147 Å². The van der Waals surface area contributed by atoms with Crippen LogP contribution in [0.15, 0.2) is 48.5 Å². The Morgan fingerprint density at radius 2 is 1.68 bits per heavy atom. The number of amides is 2. The number of hydrogen-bond donors (Lipinski definition) is 1. The molecule has 1 heterocycles. The molecule has 0 aliphatic carbocycles. The van der Waals surface area contributed by atoms with Gasteiger partial charge in [0, 0.05) is 18.7 Å². The van der Waals surface area contributed by atoms with E-state index in [-0.39, 0.29) is 18.4 Å². The largest absolute Gasteiger partial charge is 0.457 e. The Balaban J connectivity index is 1.54. The molecular formula is C20H22N2O3. The van der Waals surface area contributed by atoms with Gasteiger partial charge < -0.3 is 15.0 Å². The number of nitrogens with one attached hydrogen (secondary N) is 1. The molecule has 3 rings (SSSR count). The average Bonchev–Trinajstić information content (AvgIpc) is 2.61. The molecule has 1 N–H and O–H groups in total. The molecule has 5 heteroatoms. The third kappa shape index (κ3) is 4.83. The summed E-state index contributed by atoms with van der Waals surface area (Å²) in [4.78, 5) is 25.5. The van der Waals surface area contributed by atoms with Crippen LogP contribution in [0.25, 0.3) is 0 Å². The van der Waals surface area contributed by atoms with Crippen LogP contribution in [-0.4, -0.2) is 29.8 Å². The topological polar surface area (TPSA) is 58.6 Å². The van der Waals surface area contributed by atoms with Crippen LogP contribution in [0.5, 0.6) is 11.5 Å². The van der Waals surface area contributed by atoms with Crippen molar-refractivity contribution in [3.63, 3.8) is 0 Å². The highest BCUT2D eigenvalue weighted by molar-refractivity contribution is 5.94. The van der Waals surface area contributed by atoms with Crippen LogP contribution < -0.4 is 10.1 Å². The molecule has 0 unspecified atom stereocenters. The van der Waals surface area contributed by atoms with Crippen molar-refractivity contribution in [2.75, 3.05) is 18.4 Å². The normalized spacial score (nSPS) is 14.3. The first-order valence-electron chi connectivity index (χ1n) is 8.52. The second-order valence-electron chi connectivity index (χ2n) is 6.26. The van der Waals surface area contributed by atoms with Gasteiger partial charge in [-0.25, -0.2) is 0 Å². The molecule has 0 atom stereocenters. The van der Waals surface area contributed by atoms with Gasteiger partial charge in [0.25, 0.3) is 0 Å². The highest BCUT2D eigenvalue weighted by Gasteiger charge is 2.20. The molecule has 0 bridgehead atoms. The number of likely N-dealkylation sites (tertiary alicyclic amines) is 1. The molecule has 5 nitrogen and oxygen atoms in total. The number of carbonyl (C=O) groups excluding carboxylic acids is 2. The minimum atomic E-state index is -0.178. The summed E-state index contributed by atoms with van der Waals surface area (Å²) in [6.07, 6.45) is 2.42. The van der Waals surface area contributed by atoms with Crippen LogP contribution in [-0.2, 0) is 9.59 Å². The van der Waals surface area contributed by atoms with E-state index >= 15 is 0 Å². The summed E-state index contributed by atoms with van der Waals surface area (Å²) < 4.78 is 5.76. The second kappa shape index (κ2) is 7.83. The molecule has 1 aliphatic rings. The number of anilines is 1. The lowest BCUT2D eigenvalue weighted by molar-refractivity contribution is -0.136. The van der Waals surface area contributed by atoms with Gasteiger partial charge in [0.2, 0.25) is 11.8 Å². The van der Waals surface area contributed by atoms with E-state index in [1.165, 1.54) is 5.56 Å². The van der Waals surface area contributed by atoms with Crippen molar-refractivity contribution in [2.45, 2.75) is 26.2 Å². The molecule has 2 amide bonds. The number of aryl methyl sites for hydroxylation is 1. The highest BCUT2D eigenvalue weighted by atomic mass is 16.5. The molecule has 0 radical (unpaired) electrons. The fourth-order valence-electron chi connectivity index (χ4n) is 2.75. The summed E-state index contributed by atoms with van der Waals surface area (Å²) in [5.74, 6) is 1.35. The number of carbonyl (C=O) groups is 2. The third-order valence-electron chi connectivity index (χ3n) is 4.15. The highest BCUT2D eigenvalue weighted by Crippen LogP contribution is 2.23. The van der Waals surface area contributed by atoms with Gasteiger partial charge in [-0.3, -0.25) is 9.59 Å². The summed E-state index contributed by atoms with van der Waals surface area (Å²) in [5.41, 5.74) is 1.86. The van der Waals surface area contributed by atoms with E-state index < -0.39 is 0 Å². The van der Waals surface area contributed by atoms with Gasteiger partial charge in [-0.15, -0.1) is 0 Å². The van der Waals surface area contributed by atoms with Crippen LogP contribution in [0.2, 0.25) is 0 Å². The van der Waals surface area contributed by atoms with Gasteiger partial charge >= 0.3 is 0 Å². The predicted molar refractivity (Wildman–Crippen MR) is 96.8 cm³/mol. The minimum Gasteiger partial charge on any atom is -0.457 e. The fourth-order valence-corrected chi connectivity index (χ4v) is 2.75. The van der Waals surface area contributed by atoms with Gasteiger partial charge in [0.1, 0.15) is 11.5 Å². The van der Waals surface area contributed by atoms with Gasteiger partial charge in [-0.05, 0) is 56.2 Å². The Morgan fingerprint density at radius 1 is 1.04 bits per heavy atom. The maximum atomic E-state index is 12.1. The number of piperidine rings is 1. The van der Waals surface area contributed by atoms with Crippen LogP contribution in [0.3, 0.4) is 0 Å². The van der Waals surface area contributed by atoms with E-state index in [2.05, 4.69) is 5.32 Å². The molecule has 0 spiro atoms. The number of rotatable bonds is 5. The summed E-state index contributed by atoms with van der Waals surface area (Å²) in [7, 11) is 0. The molecule has 1 aliphatic heterocycles. The van der Waals surface area contributed by atoms with Crippen LogP contribution in [0.4, 0.5) is 5.69 Å². The van der Waals surface area contributed by atoms with Crippen molar-refractivity contribution in [2.24, 2.45) is 0 Å². The van der Waals surface area contributed by atoms with Gasteiger partial charge in [-0.1, -0.05) is 17.7 Å². The Bertz CT molecular complexity index is 739. The lowest BCUT2D eigenvalue weighted by Gasteiger charge is -2.25. The van der Waals surface area contributed by atoms with Gasteiger partial charge in [0.15, 0.2) is 0 Å². The zero-order chi connectivity index (χ0) is 17.6. The number of ether oxygens (including phenoxy) is 1. The van der Waals surface area contributed by atoms with E-state index in [0.29, 0.717) is 24.4 Å². The third-order valence-corrected chi connectivity index (χ3v) is 4.15. The Morgan fingerprint density at radius 3 is 2.32 bits per heavy atom. The number of hydrogen-bond acceptors (Lipinski definition) is 3. The van der Waals surface area contributed by atoms with Crippen molar-refractivity contribution >= 4 is 17.5 Å². The van der Waals surface area contributed by atoms with Crippen LogP contribution in [0, 0.1) is 6.92 Å². The zero-order valence-electron chi connectivity index (χ0n) is 14.3. The first-order chi connectivity index (χ1) is 12.1. The van der Waals surface area contributed by atoms with Crippen molar-refractivity contribution < 1.29 is 14.3 Å². The lowest BCUT2D eigenvalue weighted by atomic mass is 10.1. The molecular weight excluding hydrogens is 316 g/mol. The van der Waals surface area contributed by atoms with Crippen molar-refractivity contribution in [1.29, 1.82) is 0 Å². The number of nitrogens with zero attached hydrogens (tertiary/aromatic N) is 1. The zero-order valence-corrected chi connectivity index (χ0v) is 14.3. The van der Waals surface area contributed by atoms with E-state index in [9.17, 15) is 9.59 Å². The molecule has 2 aromatic carbocycles. The minimum absolute atomic E-state index is 0.0586. The first-order valence-corrected chi connectivity index (χ1v) is 8.52. The molecule has 0 saturated carbocycles. The predicted octanol–water partition coefficient (Wildman–Crippen LogP) is 3.74. The summed E-state index contributed by atoms with van der Waals surface area (Å²) >= 11 is 0. The van der Waals surface area contributed by atoms with Crippen molar-refractivity contribution in [3.8, 4) is 11.5 Å². The molecule has 1 fully saturated rings. The molecule has 25 heavy (non-hydrogen) atoms. The SMILES string of the molecule is Cc1ccc(Oc2ccc(NC(=O)CN3CCCCC3=O)cc2)cc1. The van der Waals surface area contributed by atoms with Crippen molar-refractivity contribution in [1.82, 2.24) is 4.90 Å². The summed E-state index contributed by atoms with van der Waals surface area (Å²) in [5, 5.41) is 2.82. The standard InChI is InChI=1S/C20H22N2O3/c1-15-5-9-17(10-6-15)25-18-11-7-16(8-12-18)21-19(23)14-22-13-3-2-4-20(22)24/h5-12H,2-4,13-14H2,1H3,(H,21,23). The average molecular weight is 338 g/mol. The Kier molecular flexibility index (Phi) is 5.33. The maximum Gasteiger partial charge on any atom is 0.243 e. The number of benzene rings is 2. The fraction of sp³-hybridized carbons (Fsp3) is 0.300. The first kappa shape index (κ1) is 17.0. The maximum absolute atomic E-state index is 12.1. The van der Waals surface area contributed by atoms with E-state index in [1.54, 1.807) is 17.0 Å². The Hall–Kier alpha value is -2.82. The quantitative estimate of drug-likeness (QED) is 0.903. The molecule has 1 saturated heterocycles. The molecule has 2 aromatic rings. The van der Waals surface area contributed by atoms with Crippen LogP contribution in [0.1, 0.15) is 24.8 Å². The van der Waals surface area contributed by atoms with E-state index in [4.69, 9.17) is 4.74 Å². The van der Waals surface area contributed by atoms with Gasteiger partial charge in [-0.2, -0.15) is 0 Å².